The van der Waals surface area contributed by atoms with Crippen molar-refractivity contribution in [2.45, 2.75) is 26.0 Å². The van der Waals surface area contributed by atoms with E-state index in [4.69, 9.17) is 10.5 Å². The molecule has 4 heteroatoms. The van der Waals surface area contributed by atoms with Crippen molar-refractivity contribution in [3.05, 3.63) is 53.7 Å². The standard InChI is InChI=1S/C16H21N3O/c1-11-6-8-13(9-7-11)15(20-3)12(2)19-14-5-4-10-18-16(14)17/h4-10,12,15,19H,1-3H3,(H2,17,18)/t12-,15-/m0/s1. The zero-order valence-corrected chi connectivity index (χ0v) is 12.1. The minimum absolute atomic E-state index is 0.0461. The molecule has 2 rings (SSSR count). The second-order valence-electron chi connectivity index (χ2n) is 4.94. The van der Waals surface area contributed by atoms with Crippen molar-refractivity contribution in [2.75, 3.05) is 18.2 Å². The first-order chi connectivity index (χ1) is 9.61. The predicted octanol–water partition coefficient (Wildman–Crippen LogP) is 3.16. The molecule has 0 radical (unpaired) electrons. The zero-order chi connectivity index (χ0) is 14.5. The molecule has 1 aromatic heterocycles. The Bertz CT molecular complexity index is 554. The first-order valence-corrected chi connectivity index (χ1v) is 6.68. The van der Waals surface area contributed by atoms with Crippen molar-refractivity contribution in [3.63, 3.8) is 0 Å². The van der Waals surface area contributed by atoms with E-state index < -0.39 is 0 Å². The van der Waals surface area contributed by atoms with Crippen LogP contribution >= 0.6 is 0 Å². The van der Waals surface area contributed by atoms with Crippen LogP contribution in [-0.4, -0.2) is 18.1 Å². The molecule has 20 heavy (non-hydrogen) atoms. The van der Waals surface area contributed by atoms with Crippen molar-refractivity contribution in [3.8, 4) is 0 Å². The minimum Gasteiger partial charge on any atom is -0.382 e. The van der Waals surface area contributed by atoms with Crippen LogP contribution in [0, 0.1) is 6.92 Å². The van der Waals surface area contributed by atoms with Gasteiger partial charge in [-0.05, 0) is 31.5 Å². The Morgan fingerprint density at radius 1 is 1.20 bits per heavy atom. The molecule has 2 aromatic rings. The second-order valence-corrected chi connectivity index (χ2v) is 4.94. The molecule has 3 N–H and O–H groups in total. The largest absolute Gasteiger partial charge is 0.382 e. The Labute approximate surface area is 120 Å². The van der Waals surface area contributed by atoms with Gasteiger partial charge in [-0.2, -0.15) is 0 Å². The van der Waals surface area contributed by atoms with Crippen LogP contribution in [0.15, 0.2) is 42.6 Å². The second kappa shape index (κ2) is 6.39. The van der Waals surface area contributed by atoms with Gasteiger partial charge in [-0.25, -0.2) is 4.98 Å². The van der Waals surface area contributed by atoms with Crippen molar-refractivity contribution in [2.24, 2.45) is 0 Å². The number of nitrogens with one attached hydrogen (secondary N) is 1. The number of hydrogen-bond acceptors (Lipinski definition) is 4. The molecule has 1 heterocycles. The van der Waals surface area contributed by atoms with Gasteiger partial charge in [0.1, 0.15) is 11.9 Å². The van der Waals surface area contributed by atoms with E-state index >= 15 is 0 Å². The first kappa shape index (κ1) is 14.3. The van der Waals surface area contributed by atoms with E-state index in [9.17, 15) is 0 Å². The van der Waals surface area contributed by atoms with E-state index in [1.807, 2.05) is 12.1 Å². The highest BCUT2D eigenvalue weighted by molar-refractivity contribution is 5.61. The van der Waals surface area contributed by atoms with Crippen LogP contribution in [0.2, 0.25) is 0 Å². The Balaban J connectivity index is 2.15. The fraction of sp³-hybridized carbons (Fsp3) is 0.312. The van der Waals surface area contributed by atoms with Gasteiger partial charge < -0.3 is 15.8 Å². The highest BCUT2D eigenvalue weighted by Gasteiger charge is 2.19. The van der Waals surface area contributed by atoms with Crippen molar-refractivity contribution in [1.29, 1.82) is 0 Å². The molecule has 4 nitrogen and oxygen atoms in total. The number of aryl methyl sites for hydroxylation is 1. The molecule has 0 fully saturated rings. The minimum atomic E-state index is -0.0461. The molecule has 0 saturated heterocycles. The van der Waals surface area contributed by atoms with Crippen LogP contribution in [-0.2, 0) is 4.74 Å². The summed E-state index contributed by atoms with van der Waals surface area (Å²) >= 11 is 0. The molecular formula is C16H21N3O. The average Bonchev–Trinajstić information content (AvgIpc) is 2.44. The number of anilines is 2. The SMILES string of the molecule is CO[C@H](c1ccc(C)cc1)[C@H](C)Nc1cccnc1N. The van der Waals surface area contributed by atoms with Crippen molar-refractivity contribution in [1.82, 2.24) is 4.98 Å². The lowest BCUT2D eigenvalue weighted by Crippen LogP contribution is -2.26. The van der Waals surface area contributed by atoms with Crippen LogP contribution in [0.5, 0.6) is 0 Å². The van der Waals surface area contributed by atoms with Crippen LogP contribution in [0.4, 0.5) is 11.5 Å². The summed E-state index contributed by atoms with van der Waals surface area (Å²) in [6, 6.07) is 12.2. The maximum atomic E-state index is 5.85. The molecule has 2 atom stereocenters. The molecule has 0 aliphatic carbocycles. The van der Waals surface area contributed by atoms with E-state index in [2.05, 4.69) is 48.4 Å². The molecule has 1 aromatic carbocycles. The highest BCUT2D eigenvalue weighted by Crippen LogP contribution is 2.25. The molecule has 0 spiro atoms. The number of pyridine rings is 1. The number of nitrogens with zero attached hydrogens (tertiary/aromatic N) is 1. The highest BCUT2D eigenvalue weighted by atomic mass is 16.5. The Hall–Kier alpha value is -2.07. The lowest BCUT2D eigenvalue weighted by Gasteiger charge is -2.25. The Morgan fingerprint density at radius 3 is 2.50 bits per heavy atom. The topological polar surface area (TPSA) is 60.2 Å². The van der Waals surface area contributed by atoms with Gasteiger partial charge in [0, 0.05) is 13.3 Å². The lowest BCUT2D eigenvalue weighted by molar-refractivity contribution is 0.0908. The lowest BCUT2D eigenvalue weighted by atomic mass is 10.0. The maximum absolute atomic E-state index is 5.85. The number of nitrogen functional groups attached to an aromatic ring is 1. The number of benzene rings is 1. The summed E-state index contributed by atoms with van der Waals surface area (Å²) in [5.74, 6) is 0.498. The summed E-state index contributed by atoms with van der Waals surface area (Å²) in [6.45, 7) is 4.14. The molecule has 0 aliphatic rings. The molecule has 0 saturated carbocycles. The Morgan fingerprint density at radius 2 is 1.90 bits per heavy atom. The summed E-state index contributed by atoms with van der Waals surface area (Å²) in [5.41, 5.74) is 9.06. The van der Waals surface area contributed by atoms with Gasteiger partial charge in [0.2, 0.25) is 0 Å². The monoisotopic (exact) mass is 271 g/mol. The number of rotatable bonds is 5. The third-order valence-corrected chi connectivity index (χ3v) is 3.34. The normalized spacial score (nSPS) is 13.8. The van der Waals surface area contributed by atoms with E-state index in [0.29, 0.717) is 5.82 Å². The van der Waals surface area contributed by atoms with Gasteiger partial charge in [-0.3, -0.25) is 0 Å². The third kappa shape index (κ3) is 3.27. The van der Waals surface area contributed by atoms with E-state index in [1.54, 1.807) is 13.3 Å². The van der Waals surface area contributed by atoms with Crippen molar-refractivity contribution < 1.29 is 4.74 Å². The summed E-state index contributed by atoms with van der Waals surface area (Å²) in [4.78, 5) is 4.08. The van der Waals surface area contributed by atoms with Gasteiger partial charge in [-0.15, -0.1) is 0 Å². The number of nitrogens with two attached hydrogens (primary N) is 1. The molecular weight excluding hydrogens is 250 g/mol. The van der Waals surface area contributed by atoms with Crippen LogP contribution < -0.4 is 11.1 Å². The summed E-state index contributed by atoms with van der Waals surface area (Å²) in [7, 11) is 1.72. The van der Waals surface area contributed by atoms with Gasteiger partial charge in [0.25, 0.3) is 0 Å². The zero-order valence-electron chi connectivity index (χ0n) is 12.1. The van der Waals surface area contributed by atoms with Gasteiger partial charge in [0.15, 0.2) is 0 Å². The molecule has 0 unspecified atom stereocenters. The summed E-state index contributed by atoms with van der Waals surface area (Å²) in [5, 5.41) is 3.36. The average molecular weight is 271 g/mol. The fourth-order valence-electron chi connectivity index (χ4n) is 2.25. The summed E-state index contributed by atoms with van der Waals surface area (Å²) < 4.78 is 5.63. The van der Waals surface area contributed by atoms with E-state index in [-0.39, 0.29) is 12.1 Å². The van der Waals surface area contributed by atoms with Crippen LogP contribution in [0.3, 0.4) is 0 Å². The number of methoxy groups -OCH3 is 1. The first-order valence-electron chi connectivity index (χ1n) is 6.68. The third-order valence-electron chi connectivity index (χ3n) is 3.34. The molecule has 0 aliphatic heterocycles. The number of ether oxygens (including phenoxy) is 1. The van der Waals surface area contributed by atoms with E-state index in [0.717, 1.165) is 11.3 Å². The van der Waals surface area contributed by atoms with Crippen molar-refractivity contribution >= 4 is 11.5 Å². The van der Waals surface area contributed by atoms with Gasteiger partial charge in [-0.1, -0.05) is 29.8 Å². The van der Waals surface area contributed by atoms with Crippen LogP contribution in [0.1, 0.15) is 24.2 Å². The molecule has 106 valence electrons. The maximum Gasteiger partial charge on any atom is 0.146 e. The summed E-state index contributed by atoms with van der Waals surface area (Å²) in [6.07, 6.45) is 1.63. The van der Waals surface area contributed by atoms with Gasteiger partial charge in [0.05, 0.1) is 11.7 Å². The number of aromatic nitrogens is 1. The molecule has 0 bridgehead atoms. The van der Waals surface area contributed by atoms with Gasteiger partial charge >= 0.3 is 0 Å². The quantitative estimate of drug-likeness (QED) is 0.877. The Kier molecular flexibility index (Phi) is 4.58. The number of hydrogen-bond donors (Lipinski definition) is 2. The van der Waals surface area contributed by atoms with Crippen LogP contribution in [0.25, 0.3) is 0 Å². The van der Waals surface area contributed by atoms with E-state index in [1.165, 1.54) is 5.56 Å². The molecule has 0 amide bonds. The predicted molar refractivity (Wildman–Crippen MR) is 82.7 cm³/mol. The smallest absolute Gasteiger partial charge is 0.146 e. The fourth-order valence-corrected chi connectivity index (χ4v) is 2.25.